The molecule has 0 spiro atoms. The second kappa shape index (κ2) is 31.8. The molecule has 2 atom stereocenters. The number of allylic oxidation sites excluding steroid dienone is 8. The van der Waals surface area contributed by atoms with Crippen LogP contribution in [0.2, 0.25) is 0 Å². The van der Waals surface area contributed by atoms with Crippen molar-refractivity contribution in [3.63, 3.8) is 0 Å². The minimum atomic E-state index is -0.0834. The summed E-state index contributed by atoms with van der Waals surface area (Å²) in [6, 6.07) is 0. The van der Waals surface area contributed by atoms with Crippen LogP contribution in [0.15, 0.2) is 48.6 Å². The fourth-order valence-corrected chi connectivity index (χ4v) is 6.73. The molecule has 1 aliphatic rings. The Hall–Kier alpha value is -2.14. The van der Waals surface area contributed by atoms with Gasteiger partial charge in [0.1, 0.15) is 13.2 Å². The van der Waals surface area contributed by atoms with Crippen LogP contribution in [-0.2, 0) is 19.1 Å². The molecule has 0 aromatic carbocycles. The first-order valence-corrected chi connectivity index (χ1v) is 20.6. The Morgan fingerprint density at radius 1 is 0.490 bits per heavy atom. The van der Waals surface area contributed by atoms with E-state index in [2.05, 4.69) is 76.6 Å². The van der Waals surface area contributed by atoms with E-state index in [1.165, 1.54) is 89.9 Å². The third-order valence-electron chi connectivity index (χ3n) is 9.70. The molecule has 0 unspecified atom stereocenters. The maximum atomic E-state index is 12.5. The molecule has 0 radical (unpaired) electrons. The van der Waals surface area contributed by atoms with Crippen LogP contribution < -0.4 is 0 Å². The number of hydrogen-bond acceptors (Lipinski definition) is 4. The van der Waals surface area contributed by atoms with Gasteiger partial charge in [0.15, 0.2) is 0 Å². The zero-order valence-electron chi connectivity index (χ0n) is 32.7. The third kappa shape index (κ3) is 28.3. The van der Waals surface area contributed by atoms with Crippen molar-refractivity contribution < 1.29 is 23.5 Å². The fourth-order valence-electron chi connectivity index (χ4n) is 6.73. The van der Waals surface area contributed by atoms with Gasteiger partial charge in [-0.2, -0.15) is 0 Å². The SMILES string of the molecule is CCCCC/C=C\C/C=C\CCCCCCCC(=O)OC[C@H]1C[N+](C)(C)C[C@@H]1COC(=O)CCCCCCC/C=C\C/C=C\CCCCC. The normalized spacial score (nSPS) is 17.7. The zero-order chi connectivity index (χ0) is 35.7. The standard InChI is InChI=1S/C44H78NO4/c1-5-7-9-11-13-15-17-19-21-23-25-27-29-31-33-35-43(46)48-39-41-37-45(3,4)38-42(41)40-49-44(47)36-34-32-30-28-26-24-22-20-18-16-14-12-10-8-6-2/h13-16,19-22,41-42H,5-12,17-18,23-40H2,1-4H3/q+1/b15-13-,16-14-,21-19-,22-20-/t41-,42-/m1/s1. The number of rotatable bonds is 32. The molecule has 0 aromatic rings. The molecule has 0 amide bonds. The second-order valence-corrected chi connectivity index (χ2v) is 15.1. The lowest BCUT2D eigenvalue weighted by molar-refractivity contribution is -0.880. The van der Waals surface area contributed by atoms with E-state index in [0.717, 1.165) is 68.9 Å². The number of carbonyl (C=O) groups is 2. The molecule has 1 heterocycles. The number of nitrogens with zero attached hydrogens (tertiary/aromatic N) is 1. The van der Waals surface area contributed by atoms with Crippen molar-refractivity contribution in [3.8, 4) is 0 Å². The van der Waals surface area contributed by atoms with Crippen LogP contribution in [0.25, 0.3) is 0 Å². The number of quaternary nitrogens is 1. The van der Waals surface area contributed by atoms with Gasteiger partial charge in [-0.3, -0.25) is 9.59 Å². The molecule has 0 bridgehead atoms. The largest absolute Gasteiger partial charge is 0.465 e. The fraction of sp³-hybridized carbons (Fsp3) is 0.773. The Balaban J connectivity index is 2.07. The van der Waals surface area contributed by atoms with Crippen LogP contribution in [0.5, 0.6) is 0 Å². The molecule has 5 heteroatoms. The minimum absolute atomic E-state index is 0.0834. The predicted octanol–water partition coefficient (Wildman–Crippen LogP) is 12.0. The summed E-state index contributed by atoms with van der Waals surface area (Å²) < 4.78 is 12.3. The molecular formula is C44H78NO4+. The van der Waals surface area contributed by atoms with E-state index >= 15 is 0 Å². The number of likely N-dealkylation sites (tertiary alicyclic amines) is 1. The predicted molar refractivity (Wildman–Crippen MR) is 209 cm³/mol. The molecule has 0 aliphatic carbocycles. The van der Waals surface area contributed by atoms with Gasteiger partial charge in [-0.05, 0) is 77.0 Å². The smallest absolute Gasteiger partial charge is 0.305 e. The van der Waals surface area contributed by atoms with Gasteiger partial charge in [-0.1, -0.05) is 127 Å². The summed E-state index contributed by atoms with van der Waals surface area (Å²) in [5.74, 6) is 0.319. The van der Waals surface area contributed by atoms with Crippen LogP contribution in [-0.4, -0.2) is 56.8 Å². The van der Waals surface area contributed by atoms with Crippen molar-refractivity contribution in [2.24, 2.45) is 11.8 Å². The van der Waals surface area contributed by atoms with E-state index in [0.29, 0.717) is 26.1 Å². The van der Waals surface area contributed by atoms with Crippen LogP contribution in [0.4, 0.5) is 0 Å². The van der Waals surface area contributed by atoms with E-state index in [1.807, 2.05) is 0 Å². The van der Waals surface area contributed by atoms with E-state index in [-0.39, 0.29) is 23.8 Å². The third-order valence-corrected chi connectivity index (χ3v) is 9.70. The summed E-state index contributed by atoms with van der Waals surface area (Å²) in [5, 5.41) is 0. The maximum Gasteiger partial charge on any atom is 0.305 e. The van der Waals surface area contributed by atoms with Gasteiger partial charge in [0.2, 0.25) is 0 Å². The van der Waals surface area contributed by atoms with Gasteiger partial charge < -0.3 is 14.0 Å². The van der Waals surface area contributed by atoms with Crippen molar-refractivity contribution in [2.45, 2.75) is 168 Å². The average Bonchev–Trinajstić information content (AvgIpc) is 3.39. The summed E-state index contributed by atoms with van der Waals surface area (Å²) in [7, 11) is 4.42. The van der Waals surface area contributed by atoms with Crippen molar-refractivity contribution in [3.05, 3.63) is 48.6 Å². The molecule has 5 nitrogen and oxygen atoms in total. The van der Waals surface area contributed by atoms with Crippen LogP contribution in [0.1, 0.15) is 168 Å². The Kier molecular flexibility index (Phi) is 29.1. The van der Waals surface area contributed by atoms with E-state index in [1.54, 1.807) is 0 Å². The number of ether oxygens (including phenoxy) is 2. The van der Waals surface area contributed by atoms with Gasteiger partial charge in [0.25, 0.3) is 0 Å². The van der Waals surface area contributed by atoms with Crippen molar-refractivity contribution in [2.75, 3.05) is 40.4 Å². The molecule has 1 rings (SSSR count). The highest BCUT2D eigenvalue weighted by Gasteiger charge is 2.41. The highest BCUT2D eigenvalue weighted by molar-refractivity contribution is 5.69. The quantitative estimate of drug-likeness (QED) is 0.0306. The first-order chi connectivity index (χ1) is 23.9. The molecule has 0 N–H and O–H groups in total. The highest BCUT2D eigenvalue weighted by atomic mass is 16.5. The van der Waals surface area contributed by atoms with E-state index in [9.17, 15) is 9.59 Å². The van der Waals surface area contributed by atoms with Gasteiger partial charge in [-0.15, -0.1) is 0 Å². The highest BCUT2D eigenvalue weighted by Crippen LogP contribution is 2.28. The van der Waals surface area contributed by atoms with Crippen molar-refractivity contribution >= 4 is 11.9 Å². The first kappa shape index (κ1) is 44.9. The van der Waals surface area contributed by atoms with Crippen molar-refractivity contribution in [1.82, 2.24) is 0 Å². The summed E-state index contributed by atoms with van der Waals surface area (Å²) in [5.41, 5.74) is 0. The molecule has 1 aliphatic heterocycles. The second-order valence-electron chi connectivity index (χ2n) is 15.1. The van der Waals surface area contributed by atoms with Crippen LogP contribution in [0, 0.1) is 11.8 Å². The molecule has 49 heavy (non-hydrogen) atoms. The first-order valence-electron chi connectivity index (χ1n) is 20.6. The summed E-state index contributed by atoms with van der Waals surface area (Å²) in [6.45, 7) is 7.27. The van der Waals surface area contributed by atoms with Crippen LogP contribution >= 0.6 is 0 Å². The van der Waals surface area contributed by atoms with E-state index < -0.39 is 0 Å². The van der Waals surface area contributed by atoms with E-state index in [4.69, 9.17) is 9.47 Å². The monoisotopic (exact) mass is 685 g/mol. The van der Waals surface area contributed by atoms with Gasteiger partial charge in [0.05, 0.1) is 39.0 Å². The Labute approximate surface area is 303 Å². The Morgan fingerprint density at radius 2 is 0.816 bits per heavy atom. The lowest BCUT2D eigenvalue weighted by Crippen LogP contribution is -2.37. The lowest BCUT2D eigenvalue weighted by Gasteiger charge is -2.23. The maximum absolute atomic E-state index is 12.5. The number of hydrogen-bond donors (Lipinski definition) is 0. The molecule has 282 valence electrons. The van der Waals surface area contributed by atoms with Gasteiger partial charge in [-0.25, -0.2) is 0 Å². The van der Waals surface area contributed by atoms with Gasteiger partial charge >= 0.3 is 11.9 Å². The summed E-state index contributed by atoms with van der Waals surface area (Å²) in [4.78, 5) is 24.9. The summed E-state index contributed by atoms with van der Waals surface area (Å²) >= 11 is 0. The topological polar surface area (TPSA) is 52.6 Å². The van der Waals surface area contributed by atoms with Gasteiger partial charge in [0, 0.05) is 12.8 Å². The van der Waals surface area contributed by atoms with Crippen LogP contribution in [0.3, 0.4) is 0 Å². The molecule has 0 aromatic heterocycles. The Morgan fingerprint density at radius 3 is 1.18 bits per heavy atom. The van der Waals surface area contributed by atoms with Crippen molar-refractivity contribution in [1.29, 1.82) is 0 Å². The number of esters is 2. The number of unbranched alkanes of at least 4 members (excludes halogenated alkanes) is 16. The lowest BCUT2D eigenvalue weighted by atomic mass is 9.98. The Bertz CT molecular complexity index is 846. The molecule has 1 saturated heterocycles. The zero-order valence-corrected chi connectivity index (χ0v) is 32.7. The number of carbonyl (C=O) groups excluding carboxylic acids is 2. The summed E-state index contributed by atoms with van der Waals surface area (Å²) in [6.07, 6.45) is 45.3. The minimum Gasteiger partial charge on any atom is -0.465 e. The average molecular weight is 685 g/mol. The molecular weight excluding hydrogens is 606 g/mol. The molecule has 0 saturated carbocycles. The molecule has 1 fully saturated rings.